The lowest BCUT2D eigenvalue weighted by atomic mass is 10.2. The molecular weight excluding hydrogens is 293 g/mol. The maximum absolute atomic E-state index is 13.1. The third kappa shape index (κ3) is 2.64. The summed E-state index contributed by atoms with van der Waals surface area (Å²) in [7, 11) is 0. The maximum atomic E-state index is 13.1. The molecule has 2 aliphatic rings. The van der Waals surface area contributed by atoms with Gasteiger partial charge in [-0.05, 0) is 31.0 Å². The molecule has 0 saturated carbocycles. The van der Waals surface area contributed by atoms with Crippen molar-refractivity contribution < 1.29 is 18.7 Å². The van der Waals surface area contributed by atoms with Crippen molar-refractivity contribution in [2.24, 2.45) is 0 Å². The van der Waals surface area contributed by atoms with Gasteiger partial charge in [-0.25, -0.2) is 9.18 Å². The van der Waals surface area contributed by atoms with Gasteiger partial charge in [0, 0.05) is 12.2 Å². The van der Waals surface area contributed by atoms with Crippen LogP contribution in [-0.2, 0) is 20.9 Å². The second kappa shape index (κ2) is 5.33. The van der Waals surface area contributed by atoms with E-state index in [4.69, 9.17) is 4.74 Å². The van der Waals surface area contributed by atoms with Crippen molar-refractivity contribution in [1.82, 2.24) is 4.90 Å². The van der Waals surface area contributed by atoms with E-state index in [0.29, 0.717) is 17.7 Å². The summed E-state index contributed by atoms with van der Waals surface area (Å²) < 4.78 is 18.3. The minimum atomic E-state index is -0.524. The van der Waals surface area contributed by atoms with Gasteiger partial charge < -0.3 is 9.64 Å². The number of fused-ring (bicyclic) bond motifs is 1. The lowest BCUT2D eigenvalue weighted by Gasteiger charge is -2.29. The van der Waals surface area contributed by atoms with Crippen LogP contribution in [0.15, 0.2) is 24.3 Å². The Hall–Kier alpha value is -1.56. The zero-order chi connectivity index (χ0) is 15.0. The molecule has 2 fully saturated rings. The van der Waals surface area contributed by atoms with Crippen LogP contribution in [-0.4, -0.2) is 33.4 Å². The molecule has 1 aromatic carbocycles. The van der Waals surface area contributed by atoms with Gasteiger partial charge in [0.15, 0.2) is 0 Å². The summed E-state index contributed by atoms with van der Waals surface area (Å²) in [6, 6.07) is 5.42. The topological polar surface area (TPSA) is 46.6 Å². The Morgan fingerprint density at radius 3 is 3.14 bits per heavy atom. The van der Waals surface area contributed by atoms with Crippen LogP contribution in [0.25, 0.3) is 0 Å². The SMILES string of the molecule is CC12CCC(=O)N1C(C(=O)OCc1cccc(F)c1)CS2. The number of thioether (sulfide) groups is 1. The summed E-state index contributed by atoms with van der Waals surface area (Å²) in [5.41, 5.74) is 0.601. The normalized spacial score (nSPS) is 27.8. The number of hydrogen-bond donors (Lipinski definition) is 0. The van der Waals surface area contributed by atoms with Gasteiger partial charge in [-0.15, -0.1) is 11.8 Å². The molecule has 0 bridgehead atoms. The fourth-order valence-electron chi connectivity index (χ4n) is 2.87. The Balaban J connectivity index is 1.65. The molecule has 3 rings (SSSR count). The molecule has 4 nitrogen and oxygen atoms in total. The molecule has 2 unspecified atom stereocenters. The highest BCUT2D eigenvalue weighted by Gasteiger charge is 2.53. The molecule has 2 saturated heterocycles. The highest BCUT2D eigenvalue weighted by Crippen LogP contribution is 2.47. The Labute approximate surface area is 126 Å². The van der Waals surface area contributed by atoms with E-state index in [-0.39, 0.29) is 23.2 Å². The lowest BCUT2D eigenvalue weighted by molar-refractivity contribution is -0.154. The van der Waals surface area contributed by atoms with Crippen molar-refractivity contribution in [2.45, 2.75) is 37.3 Å². The van der Waals surface area contributed by atoms with E-state index in [0.717, 1.165) is 6.42 Å². The lowest BCUT2D eigenvalue weighted by Crippen LogP contribution is -2.46. The molecule has 1 aromatic rings. The Bertz CT molecular complexity index is 594. The monoisotopic (exact) mass is 309 g/mol. The molecular formula is C15H16FNO3S. The predicted molar refractivity (Wildman–Crippen MR) is 76.9 cm³/mol. The van der Waals surface area contributed by atoms with Crippen molar-refractivity contribution in [3.05, 3.63) is 35.6 Å². The predicted octanol–water partition coefficient (Wildman–Crippen LogP) is 2.32. The molecule has 6 heteroatoms. The fourth-order valence-corrected chi connectivity index (χ4v) is 4.29. The number of hydrogen-bond acceptors (Lipinski definition) is 4. The quantitative estimate of drug-likeness (QED) is 0.804. The number of ether oxygens (including phenoxy) is 1. The van der Waals surface area contributed by atoms with E-state index < -0.39 is 12.0 Å². The van der Waals surface area contributed by atoms with E-state index in [2.05, 4.69) is 0 Å². The third-order valence-corrected chi connectivity index (χ3v) is 5.49. The number of nitrogens with zero attached hydrogens (tertiary/aromatic N) is 1. The average molecular weight is 309 g/mol. The van der Waals surface area contributed by atoms with Crippen LogP contribution in [0.1, 0.15) is 25.3 Å². The molecule has 0 radical (unpaired) electrons. The van der Waals surface area contributed by atoms with E-state index >= 15 is 0 Å². The molecule has 0 N–H and O–H groups in total. The van der Waals surface area contributed by atoms with Gasteiger partial charge in [-0.1, -0.05) is 12.1 Å². The highest BCUT2D eigenvalue weighted by atomic mass is 32.2. The number of halogens is 1. The highest BCUT2D eigenvalue weighted by molar-refractivity contribution is 8.01. The first-order valence-corrected chi connectivity index (χ1v) is 7.85. The largest absolute Gasteiger partial charge is 0.459 e. The van der Waals surface area contributed by atoms with Crippen LogP contribution in [0.2, 0.25) is 0 Å². The first-order chi connectivity index (χ1) is 9.99. The third-order valence-electron chi connectivity index (χ3n) is 3.99. The van der Waals surface area contributed by atoms with Crippen molar-refractivity contribution in [3.8, 4) is 0 Å². The Kier molecular flexibility index (Phi) is 3.65. The second-order valence-corrected chi connectivity index (χ2v) is 7.00. The van der Waals surface area contributed by atoms with Gasteiger partial charge in [-0.2, -0.15) is 0 Å². The Morgan fingerprint density at radius 1 is 1.57 bits per heavy atom. The minimum absolute atomic E-state index is 0.00945. The molecule has 2 atom stereocenters. The summed E-state index contributed by atoms with van der Waals surface area (Å²) in [4.78, 5) is 25.5. The van der Waals surface area contributed by atoms with Crippen LogP contribution >= 0.6 is 11.8 Å². The number of benzene rings is 1. The van der Waals surface area contributed by atoms with Gasteiger partial charge in [0.2, 0.25) is 5.91 Å². The molecule has 112 valence electrons. The molecule has 2 aliphatic heterocycles. The van der Waals surface area contributed by atoms with Gasteiger partial charge >= 0.3 is 5.97 Å². The summed E-state index contributed by atoms with van der Waals surface area (Å²) >= 11 is 1.62. The molecule has 2 heterocycles. The molecule has 1 amide bonds. The van der Waals surface area contributed by atoms with Crippen LogP contribution in [0.4, 0.5) is 4.39 Å². The molecule has 0 aromatic heterocycles. The van der Waals surface area contributed by atoms with Gasteiger partial charge in [0.25, 0.3) is 0 Å². The van der Waals surface area contributed by atoms with E-state index in [1.807, 2.05) is 6.92 Å². The van der Waals surface area contributed by atoms with E-state index in [9.17, 15) is 14.0 Å². The molecule has 21 heavy (non-hydrogen) atoms. The van der Waals surface area contributed by atoms with Crippen LogP contribution < -0.4 is 0 Å². The summed E-state index contributed by atoms with van der Waals surface area (Å²) in [6.45, 7) is 2.01. The number of carbonyl (C=O) groups excluding carboxylic acids is 2. The zero-order valence-corrected chi connectivity index (χ0v) is 12.5. The van der Waals surface area contributed by atoms with Crippen LogP contribution in [0, 0.1) is 5.82 Å². The van der Waals surface area contributed by atoms with Gasteiger partial charge in [0.05, 0.1) is 4.87 Å². The Morgan fingerprint density at radius 2 is 2.38 bits per heavy atom. The van der Waals surface area contributed by atoms with Crippen molar-refractivity contribution in [2.75, 3.05) is 5.75 Å². The van der Waals surface area contributed by atoms with E-state index in [1.54, 1.807) is 28.8 Å². The minimum Gasteiger partial charge on any atom is -0.459 e. The second-order valence-electron chi connectivity index (χ2n) is 5.50. The first kappa shape index (κ1) is 14.4. The standard InChI is InChI=1S/C15H16FNO3S/c1-15-6-5-13(18)17(15)12(9-21-15)14(19)20-8-10-3-2-4-11(16)7-10/h2-4,7,12H,5-6,8-9H2,1H3. The smallest absolute Gasteiger partial charge is 0.330 e. The number of amides is 1. The van der Waals surface area contributed by atoms with E-state index in [1.165, 1.54) is 12.1 Å². The van der Waals surface area contributed by atoms with Crippen molar-refractivity contribution in [1.29, 1.82) is 0 Å². The molecule has 0 aliphatic carbocycles. The summed E-state index contributed by atoms with van der Waals surface area (Å²) in [6.07, 6.45) is 1.25. The number of rotatable bonds is 3. The summed E-state index contributed by atoms with van der Waals surface area (Å²) in [5, 5.41) is 0. The van der Waals surface area contributed by atoms with Gasteiger partial charge in [0.1, 0.15) is 18.5 Å². The van der Waals surface area contributed by atoms with Crippen LogP contribution in [0.3, 0.4) is 0 Å². The number of esters is 1. The average Bonchev–Trinajstić information content (AvgIpc) is 2.94. The maximum Gasteiger partial charge on any atom is 0.330 e. The summed E-state index contributed by atoms with van der Waals surface area (Å²) in [5.74, 6) is -0.201. The van der Waals surface area contributed by atoms with Crippen molar-refractivity contribution >= 4 is 23.6 Å². The first-order valence-electron chi connectivity index (χ1n) is 6.87. The fraction of sp³-hybridized carbons (Fsp3) is 0.467. The van der Waals surface area contributed by atoms with Crippen LogP contribution in [0.5, 0.6) is 0 Å². The molecule has 0 spiro atoms. The zero-order valence-electron chi connectivity index (χ0n) is 11.7. The van der Waals surface area contributed by atoms with Crippen molar-refractivity contribution in [3.63, 3.8) is 0 Å². The van der Waals surface area contributed by atoms with Gasteiger partial charge in [-0.3, -0.25) is 4.79 Å². The number of carbonyl (C=O) groups is 2.